The third-order valence-electron chi connectivity index (χ3n) is 5.41. The molecule has 1 amide bonds. The Morgan fingerprint density at radius 1 is 1.10 bits per heavy atom. The summed E-state index contributed by atoms with van der Waals surface area (Å²) in [6.45, 7) is 8.52. The van der Waals surface area contributed by atoms with Crippen LogP contribution in [0.4, 0.5) is 10.1 Å². The molecule has 0 aliphatic heterocycles. The lowest BCUT2D eigenvalue weighted by atomic mass is 10.1. The third-order valence-corrected chi connectivity index (χ3v) is 5.41. The molecule has 2 aromatic carbocycles. The number of aromatic nitrogens is 3. The molecule has 4 rings (SSSR count). The molecule has 31 heavy (non-hydrogen) atoms. The molecule has 6 nitrogen and oxygen atoms in total. The molecule has 0 aliphatic carbocycles. The van der Waals surface area contributed by atoms with Gasteiger partial charge in [0.25, 0.3) is 5.91 Å². The Morgan fingerprint density at radius 3 is 2.48 bits per heavy atom. The highest BCUT2D eigenvalue weighted by molar-refractivity contribution is 6.04. The minimum atomic E-state index is -0.450. The van der Waals surface area contributed by atoms with Gasteiger partial charge in [0.15, 0.2) is 0 Å². The van der Waals surface area contributed by atoms with Crippen molar-refractivity contribution in [3.8, 4) is 11.5 Å². The van der Waals surface area contributed by atoms with Crippen LogP contribution in [0.15, 0.2) is 52.9 Å². The highest BCUT2D eigenvalue weighted by atomic mass is 19.1. The maximum atomic E-state index is 13.3. The number of benzene rings is 2. The van der Waals surface area contributed by atoms with E-state index < -0.39 is 5.82 Å². The number of nitrogens with one attached hydrogen (secondary N) is 1. The van der Waals surface area contributed by atoms with Gasteiger partial charge in [0, 0.05) is 22.5 Å². The average molecular weight is 418 g/mol. The monoisotopic (exact) mass is 418 g/mol. The van der Waals surface area contributed by atoms with Crippen molar-refractivity contribution in [3.63, 3.8) is 0 Å². The Morgan fingerprint density at radius 2 is 1.84 bits per heavy atom. The fraction of sp³-hybridized carbons (Fsp3) is 0.208. The van der Waals surface area contributed by atoms with Crippen molar-refractivity contribution in [2.45, 2.75) is 34.2 Å². The van der Waals surface area contributed by atoms with E-state index in [0.29, 0.717) is 18.1 Å². The number of hydrogen-bond acceptors (Lipinski definition) is 4. The van der Waals surface area contributed by atoms with Gasteiger partial charge in [0.1, 0.15) is 17.3 Å². The Kier molecular flexibility index (Phi) is 5.42. The fourth-order valence-electron chi connectivity index (χ4n) is 3.31. The lowest BCUT2D eigenvalue weighted by Gasteiger charge is -2.06. The van der Waals surface area contributed by atoms with E-state index in [1.54, 1.807) is 18.2 Å². The molecule has 4 aromatic rings. The lowest BCUT2D eigenvalue weighted by molar-refractivity contribution is 0.102. The molecule has 0 unspecified atom stereocenters. The maximum absolute atomic E-state index is 13.3. The number of amides is 1. The van der Waals surface area contributed by atoms with E-state index in [-0.39, 0.29) is 11.5 Å². The van der Waals surface area contributed by atoms with Gasteiger partial charge in [0.2, 0.25) is 5.89 Å². The van der Waals surface area contributed by atoms with Crippen molar-refractivity contribution >= 4 is 11.6 Å². The first-order chi connectivity index (χ1) is 14.8. The lowest BCUT2D eigenvalue weighted by Crippen LogP contribution is -2.11. The molecule has 0 saturated heterocycles. The van der Waals surface area contributed by atoms with E-state index in [4.69, 9.17) is 4.42 Å². The van der Waals surface area contributed by atoms with E-state index in [2.05, 4.69) is 22.3 Å². The van der Waals surface area contributed by atoms with Crippen molar-refractivity contribution in [2.75, 3.05) is 5.32 Å². The van der Waals surface area contributed by atoms with E-state index in [1.165, 1.54) is 23.8 Å². The number of nitrogens with zero attached hydrogens (tertiary/aromatic N) is 3. The van der Waals surface area contributed by atoms with Crippen LogP contribution in [-0.4, -0.2) is 20.7 Å². The molecule has 0 bridgehead atoms. The zero-order valence-electron chi connectivity index (χ0n) is 17.9. The molecule has 2 aromatic heterocycles. The molecule has 0 radical (unpaired) electrons. The predicted octanol–water partition coefficient (Wildman–Crippen LogP) is 5.21. The standard InChI is InChI=1S/C24H23FN4O2/c1-14-15(2)28-29(16(14)3)13-22-17(4)31-24(27-22)18-8-10-21(11-9-18)26-23(30)19-6-5-7-20(25)12-19/h5-12H,13H2,1-4H3,(H,26,30). The molecular weight excluding hydrogens is 395 g/mol. The van der Waals surface area contributed by atoms with E-state index in [1.807, 2.05) is 37.6 Å². The van der Waals surface area contributed by atoms with E-state index in [9.17, 15) is 9.18 Å². The number of halogens is 1. The number of oxazole rings is 1. The molecule has 7 heteroatoms. The number of carbonyl (C=O) groups excluding carboxylic acids is 1. The highest BCUT2D eigenvalue weighted by Gasteiger charge is 2.15. The smallest absolute Gasteiger partial charge is 0.255 e. The third kappa shape index (κ3) is 4.26. The minimum absolute atomic E-state index is 0.261. The van der Waals surface area contributed by atoms with E-state index >= 15 is 0 Å². The second-order valence-electron chi connectivity index (χ2n) is 7.52. The normalized spacial score (nSPS) is 11.0. The van der Waals surface area contributed by atoms with Gasteiger partial charge in [-0.2, -0.15) is 5.10 Å². The van der Waals surface area contributed by atoms with Crippen molar-refractivity contribution in [2.24, 2.45) is 0 Å². The van der Waals surface area contributed by atoms with Gasteiger partial charge in [-0.15, -0.1) is 0 Å². The molecule has 0 atom stereocenters. The quantitative estimate of drug-likeness (QED) is 0.483. The highest BCUT2D eigenvalue weighted by Crippen LogP contribution is 2.25. The summed E-state index contributed by atoms with van der Waals surface area (Å²) in [6.07, 6.45) is 0. The second kappa shape index (κ2) is 8.18. The number of carbonyl (C=O) groups is 1. The molecule has 0 fully saturated rings. The average Bonchev–Trinajstić information content (AvgIpc) is 3.23. The van der Waals surface area contributed by atoms with Crippen LogP contribution in [0.25, 0.3) is 11.5 Å². The van der Waals surface area contributed by atoms with Gasteiger partial charge in [-0.1, -0.05) is 6.07 Å². The molecule has 2 heterocycles. The van der Waals surface area contributed by atoms with Crippen molar-refractivity contribution in [3.05, 3.63) is 88.3 Å². The molecular formula is C24H23FN4O2. The Labute approximate surface area is 179 Å². The van der Waals surface area contributed by atoms with Crippen LogP contribution in [-0.2, 0) is 6.54 Å². The fourth-order valence-corrected chi connectivity index (χ4v) is 3.31. The first kappa shape index (κ1) is 20.5. The van der Waals surface area contributed by atoms with Crippen LogP contribution in [0.1, 0.15) is 38.8 Å². The minimum Gasteiger partial charge on any atom is -0.441 e. The summed E-state index contributed by atoms with van der Waals surface area (Å²) < 4.78 is 21.1. The number of anilines is 1. The van der Waals surface area contributed by atoms with Crippen LogP contribution in [0.5, 0.6) is 0 Å². The van der Waals surface area contributed by atoms with Crippen molar-refractivity contribution in [1.29, 1.82) is 0 Å². The van der Waals surface area contributed by atoms with Gasteiger partial charge in [-0.05, 0) is 75.7 Å². The Bertz CT molecular complexity index is 1260. The molecule has 0 spiro atoms. The molecule has 0 saturated carbocycles. The van der Waals surface area contributed by atoms with Gasteiger partial charge in [-0.3, -0.25) is 9.48 Å². The van der Waals surface area contributed by atoms with Gasteiger partial charge < -0.3 is 9.73 Å². The number of hydrogen-bond donors (Lipinski definition) is 1. The SMILES string of the molecule is Cc1nn(Cc2nc(-c3ccc(NC(=O)c4cccc(F)c4)cc3)oc2C)c(C)c1C. The Balaban J connectivity index is 1.50. The summed E-state index contributed by atoms with van der Waals surface area (Å²) in [5.74, 6) is 0.424. The summed E-state index contributed by atoms with van der Waals surface area (Å²) in [5, 5.41) is 7.33. The van der Waals surface area contributed by atoms with Crippen LogP contribution >= 0.6 is 0 Å². The van der Waals surface area contributed by atoms with Crippen LogP contribution in [0.3, 0.4) is 0 Å². The second-order valence-corrected chi connectivity index (χ2v) is 7.52. The van der Waals surface area contributed by atoms with Gasteiger partial charge in [0.05, 0.1) is 12.2 Å². The van der Waals surface area contributed by atoms with Crippen molar-refractivity contribution in [1.82, 2.24) is 14.8 Å². The first-order valence-corrected chi connectivity index (χ1v) is 9.96. The molecule has 0 aliphatic rings. The zero-order valence-corrected chi connectivity index (χ0v) is 17.9. The van der Waals surface area contributed by atoms with Crippen LogP contribution in [0.2, 0.25) is 0 Å². The van der Waals surface area contributed by atoms with E-state index in [0.717, 1.165) is 28.4 Å². The summed E-state index contributed by atoms with van der Waals surface area (Å²) in [5.41, 5.74) is 5.77. The predicted molar refractivity (Wildman–Crippen MR) is 117 cm³/mol. The summed E-state index contributed by atoms with van der Waals surface area (Å²) in [6, 6.07) is 12.7. The zero-order chi connectivity index (χ0) is 22.1. The molecule has 1 N–H and O–H groups in total. The Hall–Kier alpha value is -3.74. The van der Waals surface area contributed by atoms with Gasteiger partial charge in [-0.25, -0.2) is 9.37 Å². The first-order valence-electron chi connectivity index (χ1n) is 9.96. The number of rotatable bonds is 5. The summed E-state index contributed by atoms with van der Waals surface area (Å²) in [7, 11) is 0. The largest absolute Gasteiger partial charge is 0.441 e. The molecule has 158 valence electrons. The van der Waals surface area contributed by atoms with Crippen LogP contribution < -0.4 is 5.32 Å². The maximum Gasteiger partial charge on any atom is 0.255 e. The van der Waals surface area contributed by atoms with Gasteiger partial charge >= 0.3 is 0 Å². The van der Waals surface area contributed by atoms with Crippen molar-refractivity contribution < 1.29 is 13.6 Å². The van der Waals surface area contributed by atoms with Crippen LogP contribution in [0, 0.1) is 33.5 Å². The topological polar surface area (TPSA) is 73.0 Å². The summed E-state index contributed by atoms with van der Waals surface area (Å²) in [4.78, 5) is 16.9. The summed E-state index contributed by atoms with van der Waals surface area (Å²) >= 11 is 0. The number of aryl methyl sites for hydroxylation is 2.